The number of imidazole rings is 1. The molecule has 1 saturated carbocycles. The Balaban J connectivity index is 1.67. The molecule has 1 aliphatic carbocycles. The standard InChI is InChI=1S/C24H39N6O7P/c1-16(2)36-19(31)12-35-38(33,29-24(4,5)23(32)37-18-9-7-6-8-10-18)15-34-17(3)11-30-14-28-20-21(25)26-13-27-22(20)30/h13-14,16-18H,6-12,15H2,1-5H3,(H,29,33)(H2,25,26,27)/t17-,38?/m0/s1. The van der Waals surface area contributed by atoms with Gasteiger partial charge in [-0.25, -0.2) is 24.8 Å². The maximum atomic E-state index is 13.8. The molecule has 2 atom stereocenters. The molecule has 1 unspecified atom stereocenters. The third-order valence-corrected chi connectivity index (χ3v) is 7.89. The van der Waals surface area contributed by atoms with Crippen molar-refractivity contribution in [1.29, 1.82) is 0 Å². The molecule has 3 rings (SSSR count). The third kappa shape index (κ3) is 8.45. The van der Waals surface area contributed by atoms with Crippen LogP contribution in [0.4, 0.5) is 5.82 Å². The predicted molar refractivity (Wildman–Crippen MR) is 140 cm³/mol. The Morgan fingerprint density at radius 2 is 1.89 bits per heavy atom. The molecule has 0 bridgehead atoms. The number of carbonyl (C=O) groups is 2. The normalized spacial score (nSPS) is 17.3. The largest absolute Gasteiger partial charge is 0.461 e. The molecule has 14 heteroatoms. The number of carbonyl (C=O) groups excluding carboxylic acids is 2. The summed E-state index contributed by atoms with van der Waals surface area (Å²) in [7, 11) is -3.89. The van der Waals surface area contributed by atoms with Crippen LogP contribution < -0.4 is 10.8 Å². The van der Waals surface area contributed by atoms with E-state index in [-0.39, 0.29) is 18.0 Å². The summed E-state index contributed by atoms with van der Waals surface area (Å²) < 4.78 is 37.8. The van der Waals surface area contributed by atoms with Crippen LogP contribution in [0, 0.1) is 0 Å². The first-order valence-electron chi connectivity index (χ1n) is 12.8. The van der Waals surface area contributed by atoms with E-state index in [0.717, 1.165) is 32.1 Å². The first kappa shape index (κ1) is 29.9. The van der Waals surface area contributed by atoms with Gasteiger partial charge in [0.2, 0.25) is 0 Å². The Labute approximate surface area is 222 Å². The summed E-state index contributed by atoms with van der Waals surface area (Å²) in [6, 6.07) is 0. The number of anilines is 1. The van der Waals surface area contributed by atoms with Gasteiger partial charge in [-0.2, -0.15) is 0 Å². The van der Waals surface area contributed by atoms with Gasteiger partial charge in [0, 0.05) is 0 Å². The van der Waals surface area contributed by atoms with Gasteiger partial charge in [0.05, 0.1) is 25.1 Å². The fourth-order valence-electron chi connectivity index (χ4n) is 4.10. The zero-order valence-electron chi connectivity index (χ0n) is 22.7. The molecule has 0 spiro atoms. The van der Waals surface area contributed by atoms with Crippen LogP contribution in [0.15, 0.2) is 12.7 Å². The Bertz CT molecular complexity index is 1150. The highest BCUT2D eigenvalue weighted by molar-refractivity contribution is 7.56. The summed E-state index contributed by atoms with van der Waals surface area (Å²) in [5, 5.41) is 2.79. The molecule has 1 aliphatic rings. The van der Waals surface area contributed by atoms with Gasteiger partial charge >= 0.3 is 11.9 Å². The van der Waals surface area contributed by atoms with Crippen LogP contribution >= 0.6 is 7.52 Å². The van der Waals surface area contributed by atoms with Crippen molar-refractivity contribution in [3.05, 3.63) is 12.7 Å². The monoisotopic (exact) mass is 554 g/mol. The van der Waals surface area contributed by atoms with Crippen molar-refractivity contribution < 1.29 is 32.9 Å². The quantitative estimate of drug-likeness (QED) is 0.274. The van der Waals surface area contributed by atoms with Gasteiger partial charge in [0.25, 0.3) is 7.52 Å². The third-order valence-electron chi connectivity index (χ3n) is 5.96. The minimum atomic E-state index is -3.89. The average Bonchev–Trinajstić information content (AvgIpc) is 3.25. The number of aromatic nitrogens is 4. The van der Waals surface area contributed by atoms with Gasteiger partial charge in [-0.3, -0.25) is 9.36 Å². The van der Waals surface area contributed by atoms with E-state index < -0.39 is 44.1 Å². The van der Waals surface area contributed by atoms with Crippen LogP contribution in [0.5, 0.6) is 0 Å². The highest BCUT2D eigenvalue weighted by Crippen LogP contribution is 2.45. The fraction of sp³-hybridized carbons (Fsp3) is 0.708. The highest BCUT2D eigenvalue weighted by atomic mass is 31.2. The van der Waals surface area contributed by atoms with Crippen LogP contribution in [0.2, 0.25) is 0 Å². The van der Waals surface area contributed by atoms with Gasteiger partial charge in [-0.05, 0) is 60.3 Å². The summed E-state index contributed by atoms with van der Waals surface area (Å²) >= 11 is 0. The van der Waals surface area contributed by atoms with E-state index in [0.29, 0.717) is 17.7 Å². The topological polar surface area (TPSA) is 170 Å². The maximum absolute atomic E-state index is 13.8. The van der Waals surface area contributed by atoms with Crippen LogP contribution in [-0.4, -0.2) is 68.3 Å². The molecule has 0 radical (unpaired) electrons. The van der Waals surface area contributed by atoms with Crippen molar-refractivity contribution >= 4 is 36.4 Å². The Morgan fingerprint density at radius 3 is 2.58 bits per heavy atom. The molecule has 38 heavy (non-hydrogen) atoms. The van der Waals surface area contributed by atoms with Gasteiger partial charge in [-0.15, -0.1) is 0 Å². The zero-order valence-corrected chi connectivity index (χ0v) is 23.6. The number of nitrogens with two attached hydrogens (primary N) is 1. The van der Waals surface area contributed by atoms with E-state index in [1.807, 2.05) is 0 Å². The first-order chi connectivity index (χ1) is 17.9. The first-order valence-corrected chi connectivity index (χ1v) is 14.7. The number of esters is 2. The van der Waals surface area contributed by atoms with Crippen molar-refractivity contribution in [1.82, 2.24) is 24.6 Å². The lowest BCUT2D eigenvalue weighted by Crippen LogP contribution is -2.48. The number of nitrogens with zero attached hydrogens (tertiary/aromatic N) is 4. The molecule has 13 nitrogen and oxygen atoms in total. The maximum Gasteiger partial charge on any atom is 0.332 e. The molecule has 2 aromatic heterocycles. The van der Waals surface area contributed by atoms with Crippen molar-refractivity contribution in [3.8, 4) is 0 Å². The van der Waals surface area contributed by atoms with E-state index in [1.165, 1.54) is 6.33 Å². The second-order valence-electron chi connectivity index (χ2n) is 10.3. The fourth-order valence-corrected chi connectivity index (χ4v) is 6.01. The molecule has 212 valence electrons. The lowest BCUT2D eigenvalue weighted by molar-refractivity contribution is -0.156. The van der Waals surface area contributed by atoms with Crippen LogP contribution in [0.25, 0.3) is 11.2 Å². The summed E-state index contributed by atoms with van der Waals surface area (Å²) in [6.07, 6.45) is 6.23. The molecule has 2 aromatic rings. The second kappa shape index (κ2) is 13.0. The van der Waals surface area contributed by atoms with E-state index in [1.54, 1.807) is 45.5 Å². The number of rotatable bonds is 13. The van der Waals surface area contributed by atoms with Gasteiger partial charge < -0.3 is 29.0 Å². The number of hydrogen-bond donors (Lipinski definition) is 2. The van der Waals surface area contributed by atoms with Crippen molar-refractivity contribution in [2.75, 3.05) is 18.7 Å². The van der Waals surface area contributed by atoms with Crippen molar-refractivity contribution in [3.63, 3.8) is 0 Å². The van der Waals surface area contributed by atoms with Gasteiger partial charge in [-0.1, -0.05) is 6.42 Å². The zero-order chi connectivity index (χ0) is 27.9. The Morgan fingerprint density at radius 1 is 1.18 bits per heavy atom. The molecular formula is C24H39N6O7P. The van der Waals surface area contributed by atoms with E-state index in [4.69, 9.17) is 24.5 Å². The van der Waals surface area contributed by atoms with Crippen molar-refractivity contribution in [2.24, 2.45) is 0 Å². The van der Waals surface area contributed by atoms with E-state index >= 15 is 0 Å². The van der Waals surface area contributed by atoms with Crippen LogP contribution in [0.3, 0.4) is 0 Å². The molecule has 0 amide bonds. The number of nitrogen functional groups attached to an aromatic ring is 1. The smallest absolute Gasteiger partial charge is 0.332 e. The predicted octanol–water partition coefficient (Wildman–Crippen LogP) is 3.18. The number of nitrogens with one attached hydrogen (secondary N) is 1. The second-order valence-corrected chi connectivity index (χ2v) is 12.4. The van der Waals surface area contributed by atoms with Crippen LogP contribution in [-0.2, 0) is 39.4 Å². The van der Waals surface area contributed by atoms with Gasteiger partial charge in [0.1, 0.15) is 29.8 Å². The highest BCUT2D eigenvalue weighted by Gasteiger charge is 2.40. The Kier molecular flexibility index (Phi) is 10.2. The molecule has 0 aromatic carbocycles. The van der Waals surface area contributed by atoms with E-state index in [2.05, 4.69) is 20.0 Å². The summed E-state index contributed by atoms with van der Waals surface area (Å²) in [6.45, 7) is 8.03. The minimum Gasteiger partial charge on any atom is -0.461 e. The van der Waals surface area contributed by atoms with E-state index in [9.17, 15) is 14.2 Å². The minimum absolute atomic E-state index is 0.169. The SMILES string of the molecule is CC(C)OC(=O)COP(=O)(CO[C@@H](C)Cn1cnc2c(N)ncnc21)NC(C)(C)C(=O)OC1CCCCC1. The van der Waals surface area contributed by atoms with Crippen LogP contribution in [0.1, 0.15) is 66.7 Å². The summed E-state index contributed by atoms with van der Waals surface area (Å²) in [4.78, 5) is 37.4. The van der Waals surface area contributed by atoms with Crippen molar-refractivity contribution in [2.45, 2.75) is 97.1 Å². The number of ether oxygens (including phenoxy) is 3. The number of hydrogen-bond acceptors (Lipinski definition) is 11. The number of fused-ring (bicyclic) bond motifs is 1. The van der Waals surface area contributed by atoms with Gasteiger partial charge in [0.15, 0.2) is 18.1 Å². The summed E-state index contributed by atoms with van der Waals surface area (Å²) in [5.74, 6) is -0.965. The summed E-state index contributed by atoms with van der Waals surface area (Å²) in [5.41, 5.74) is 5.49. The molecule has 0 saturated heterocycles. The molecule has 2 heterocycles. The lowest BCUT2D eigenvalue weighted by Gasteiger charge is -2.32. The lowest BCUT2D eigenvalue weighted by atomic mass is 9.97. The molecule has 0 aliphatic heterocycles. The average molecular weight is 555 g/mol. The Hall–Kier alpha value is -2.60. The molecular weight excluding hydrogens is 515 g/mol. The molecule has 3 N–H and O–H groups in total. The molecule has 1 fully saturated rings.